The van der Waals surface area contributed by atoms with Crippen molar-refractivity contribution in [1.29, 1.82) is 0 Å². The topological polar surface area (TPSA) is 178 Å². The molecule has 0 bridgehead atoms. The van der Waals surface area contributed by atoms with Gasteiger partial charge >= 0.3 is 12.1 Å². The first-order valence-electron chi connectivity index (χ1n) is 21.4. The molecule has 1 aliphatic heterocycles. The van der Waals surface area contributed by atoms with Crippen LogP contribution < -0.4 is 26.4 Å². The van der Waals surface area contributed by atoms with Crippen LogP contribution in [0.2, 0.25) is 0 Å². The van der Waals surface area contributed by atoms with Crippen LogP contribution in [0.5, 0.6) is 5.75 Å². The minimum Gasteiger partial charge on any atom is -0.488 e. The zero-order chi connectivity index (χ0) is 46.1. The molecule has 13 heteroatoms. The molecule has 0 unspecified atom stereocenters. The molecule has 336 valence electrons. The molecule has 4 aromatic carbocycles. The third-order valence-corrected chi connectivity index (χ3v) is 9.95. The molecule has 5 rings (SSSR count). The zero-order valence-electron chi connectivity index (χ0n) is 38.0. The van der Waals surface area contributed by atoms with Crippen LogP contribution in [-0.4, -0.2) is 75.7 Å². The van der Waals surface area contributed by atoms with Crippen molar-refractivity contribution >= 4 is 35.5 Å². The number of carbonyl (C=O) groups excluding carboxylic acids is 5. The van der Waals surface area contributed by atoms with Gasteiger partial charge in [0.15, 0.2) is 0 Å². The van der Waals surface area contributed by atoms with Crippen molar-refractivity contribution in [1.82, 2.24) is 20.9 Å². The van der Waals surface area contributed by atoms with Crippen molar-refractivity contribution < 1.29 is 38.2 Å². The third kappa shape index (κ3) is 14.9. The average Bonchev–Trinajstić information content (AvgIpc) is 3.19. The van der Waals surface area contributed by atoms with E-state index in [1.165, 1.54) is 4.90 Å². The van der Waals surface area contributed by atoms with Crippen molar-refractivity contribution in [3.63, 3.8) is 0 Å². The number of nitrogens with one attached hydrogen (secondary N) is 3. The molecule has 13 nitrogen and oxygen atoms in total. The van der Waals surface area contributed by atoms with E-state index in [1.807, 2.05) is 99.6 Å². The van der Waals surface area contributed by atoms with Crippen LogP contribution in [0.1, 0.15) is 90.1 Å². The Morgan fingerprint density at radius 2 is 1.13 bits per heavy atom. The number of hydrogen-bond acceptors (Lipinski definition) is 9. The zero-order valence-corrected chi connectivity index (χ0v) is 38.0. The van der Waals surface area contributed by atoms with Gasteiger partial charge in [0.1, 0.15) is 46.7 Å². The first-order chi connectivity index (χ1) is 29.5. The lowest BCUT2D eigenvalue weighted by Crippen LogP contribution is -2.61. The largest absolute Gasteiger partial charge is 0.488 e. The lowest BCUT2D eigenvalue weighted by Gasteiger charge is -2.38. The van der Waals surface area contributed by atoms with Crippen LogP contribution in [0, 0.1) is 0 Å². The maximum absolute atomic E-state index is 14.9. The van der Waals surface area contributed by atoms with Crippen LogP contribution in [0.4, 0.5) is 10.5 Å². The number of rotatable bonds is 14. The van der Waals surface area contributed by atoms with Crippen LogP contribution >= 0.6 is 0 Å². The Morgan fingerprint density at radius 3 is 1.71 bits per heavy atom. The number of nitrogens with zero attached hydrogens (tertiary/aromatic N) is 1. The quantitative estimate of drug-likeness (QED) is 0.0800. The number of amides is 4. The van der Waals surface area contributed by atoms with E-state index >= 15 is 0 Å². The van der Waals surface area contributed by atoms with Gasteiger partial charge in [-0.15, -0.1) is 0 Å². The van der Waals surface area contributed by atoms with Crippen molar-refractivity contribution in [2.45, 2.75) is 136 Å². The van der Waals surface area contributed by atoms with E-state index in [9.17, 15) is 24.0 Å². The molecule has 0 saturated carbocycles. The lowest BCUT2D eigenvalue weighted by atomic mass is 9.91. The van der Waals surface area contributed by atoms with Gasteiger partial charge in [0.2, 0.25) is 17.7 Å². The Hall–Kier alpha value is -6.37. The highest BCUT2D eigenvalue weighted by Gasteiger charge is 2.40. The maximum Gasteiger partial charge on any atom is 0.408 e. The van der Waals surface area contributed by atoms with E-state index in [0.717, 1.165) is 27.8 Å². The van der Waals surface area contributed by atoms with E-state index in [2.05, 4.69) is 16.0 Å². The molecule has 4 aromatic rings. The van der Waals surface area contributed by atoms with Gasteiger partial charge in [0.25, 0.3) is 0 Å². The molecule has 0 spiro atoms. The summed E-state index contributed by atoms with van der Waals surface area (Å²) in [6.45, 7) is 16.3. The number of esters is 1. The van der Waals surface area contributed by atoms with Gasteiger partial charge in [-0.2, -0.15) is 0 Å². The lowest BCUT2D eigenvalue weighted by molar-refractivity contribution is -0.158. The second-order valence-corrected chi connectivity index (χ2v) is 19.0. The Kier molecular flexibility index (Phi) is 15.3. The molecule has 0 radical (unpaired) electrons. The highest BCUT2D eigenvalue weighted by molar-refractivity contribution is 5.95. The number of fused-ring (bicyclic) bond motifs is 1. The Labute approximate surface area is 371 Å². The van der Waals surface area contributed by atoms with Crippen molar-refractivity contribution in [3.05, 3.63) is 131 Å². The monoisotopic (exact) mass is 861 g/mol. The fourth-order valence-electron chi connectivity index (χ4n) is 7.18. The van der Waals surface area contributed by atoms with E-state index in [1.54, 1.807) is 65.8 Å². The first kappa shape index (κ1) is 47.7. The highest BCUT2D eigenvalue weighted by atomic mass is 16.6. The summed E-state index contributed by atoms with van der Waals surface area (Å²) >= 11 is 0. The van der Waals surface area contributed by atoms with Crippen LogP contribution in [0.25, 0.3) is 0 Å². The smallest absolute Gasteiger partial charge is 0.408 e. The predicted octanol–water partition coefficient (Wildman–Crippen LogP) is 6.63. The third-order valence-electron chi connectivity index (χ3n) is 9.95. The molecule has 0 aliphatic carbocycles. The molecule has 1 heterocycles. The maximum atomic E-state index is 14.9. The normalized spacial score (nSPS) is 15.4. The SMILES string of the molecule is CC(C)(C)OC(=O)N[C@@H](Cc1ccc(OC(C)(C)C)cc1)C(=O)N1Cc2ccccc2C[C@H]1C(=O)N[C@@H](Cc1ccccc1)C(=O)N[C@@H](Cc1ccc(N)cc1)C(=O)OC(C)(C)C. The molecule has 0 aromatic heterocycles. The van der Waals surface area contributed by atoms with E-state index in [0.29, 0.717) is 11.4 Å². The van der Waals surface area contributed by atoms with Crippen molar-refractivity contribution in [3.8, 4) is 5.75 Å². The van der Waals surface area contributed by atoms with Gasteiger partial charge in [-0.05, 0) is 114 Å². The van der Waals surface area contributed by atoms with Gasteiger partial charge in [-0.3, -0.25) is 14.4 Å². The number of nitrogens with two attached hydrogens (primary N) is 1. The van der Waals surface area contributed by atoms with Gasteiger partial charge in [-0.25, -0.2) is 9.59 Å². The summed E-state index contributed by atoms with van der Waals surface area (Å²) in [6.07, 6.45) is -0.378. The predicted molar refractivity (Wildman–Crippen MR) is 243 cm³/mol. The summed E-state index contributed by atoms with van der Waals surface area (Å²) < 4.78 is 17.3. The number of alkyl carbamates (subject to hydrolysis) is 1. The fourth-order valence-corrected chi connectivity index (χ4v) is 7.18. The Morgan fingerprint density at radius 1 is 0.603 bits per heavy atom. The van der Waals surface area contributed by atoms with Gasteiger partial charge in [0, 0.05) is 37.9 Å². The van der Waals surface area contributed by atoms with Crippen molar-refractivity contribution in [2.24, 2.45) is 0 Å². The molecule has 63 heavy (non-hydrogen) atoms. The van der Waals surface area contributed by atoms with Crippen LogP contribution in [-0.2, 0) is 60.9 Å². The molecule has 0 fully saturated rings. The summed E-state index contributed by atoms with van der Waals surface area (Å²) in [7, 11) is 0. The number of nitrogen functional groups attached to an aromatic ring is 1. The number of hydrogen-bond donors (Lipinski definition) is 4. The van der Waals surface area contributed by atoms with Crippen LogP contribution in [0.15, 0.2) is 103 Å². The molecular weight excluding hydrogens is 799 g/mol. The second-order valence-electron chi connectivity index (χ2n) is 19.0. The molecule has 5 N–H and O–H groups in total. The van der Waals surface area contributed by atoms with Crippen molar-refractivity contribution in [2.75, 3.05) is 5.73 Å². The minimum atomic E-state index is -1.17. The Bertz CT molecular complexity index is 2210. The van der Waals surface area contributed by atoms with E-state index in [-0.39, 0.29) is 32.2 Å². The van der Waals surface area contributed by atoms with Crippen LogP contribution in [0.3, 0.4) is 0 Å². The number of anilines is 1. The average molecular weight is 862 g/mol. The standard InChI is InChI=1S/C50H63N5O8/c1-48(2,3)61-38-25-21-34(22-26-38)28-40(54-47(60)63-50(7,8)9)45(58)55-31-36-18-14-13-17-35(36)30-42(55)44(57)52-39(27-32-15-11-10-12-16-32)43(56)53-41(46(59)62-49(4,5)6)29-33-19-23-37(51)24-20-33/h10-26,39-42H,27-31,51H2,1-9H3,(H,52,57)(H,53,56)(H,54,60)/t39-,40-,41-,42-/m0/s1. The molecular formula is C50H63N5O8. The number of benzene rings is 4. The molecule has 4 atom stereocenters. The summed E-state index contributed by atoms with van der Waals surface area (Å²) in [5, 5.41) is 8.62. The molecule has 0 saturated heterocycles. The summed E-state index contributed by atoms with van der Waals surface area (Å²) in [5.74, 6) is -1.70. The highest BCUT2D eigenvalue weighted by Crippen LogP contribution is 2.26. The number of ether oxygens (including phenoxy) is 3. The van der Waals surface area contributed by atoms with E-state index < -0.39 is 70.8 Å². The number of carbonyl (C=O) groups is 5. The molecule has 1 aliphatic rings. The first-order valence-corrected chi connectivity index (χ1v) is 21.4. The Balaban J connectivity index is 1.47. The van der Waals surface area contributed by atoms with Gasteiger partial charge in [-0.1, -0.05) is 78.9 Å². The van der Waals surface area contributed by atoms with Gasteiger partial charge < -0.3 is 40.8 Å². The van der Waals surface area contributed by atoms with Gasteiger partial charge in [0.05, 0.1) is 0 Å². The molecule has 4 amide bonds. The fraction of sp³-hybridized carbons (Fsp3) is 0.420. The van der Waals surface area contributed by atoms with E-state index in [4.69, 9.17) is 19.9 Å². The summed E-state index contributed by atoms with van der Waals surface area (Å²) in [4.78, 5) is 72.6. The summed E-state index contributed by atoms with van der Waals surface area (Å²) in [6, 6.07) is 26.5. The summed E-state index contributed by atoms with van der Waals surface area (Å²) in [5.41, 5.74) is 8.30. The second kappa shape index (κ2) is 20.2. The minimum absolute atomic E-state index is 0.0653.